The van der Waals surface area contributed by atoms with Crippen LogP contribution in [0.2, 0.25) is 0 Å². The fourth-order valence-electron chi connectivity index (χ4n) is 3.53. The Morgan fingerprint density at radius 3 is 2.44 bits per heavy atom. The molecule has 0 bridgehead atoms. The number of aryl methyl sites for hydroxylation is 1. The molecule has 144 valence electrons. The molecule has 1 aliphatic rings. The van der Waals surface area contributed by atoms with E-state index in [0.29, 0.717) is 36.3 Å². The first-order chi connectivity index (χ1) is 13.0. The first-order valence-electron chi connectivity index (χ1n) is 9.25. The summed E-state index contributed by atoms with van der Waals surface area (Å²) in [5, 5.41) is 0. The van der Waals surface area contributed by atoms with Crippen LogP contribution in [0.1, 0.15) is 44.6 Å². The molecule has 1 amide bonds. The molecule has 7 nitrogen and oxygen atoms in total. The smallest absolute Gasteiger partial charge is 0.339 e. The van der Waals surface area contributed by atoms with Gasteiger partial charge in [-0.05, 0) is 36.6 Å². The number of H-pyrrole nitrogens is 1. The molecule has 0 unspecified atom stereocenters. The molecule has 0 saturated carbocycles. The molecule has 0 radical (unpaired) electrons. The predicted octanol–water partition coefficient (Wildman–Crippen LogP) is 2.03. The molecule has 2 aromatic heterocycles. The number of hydrogen-bond acceptors (Lipinski definition) is 5. The van der Waals surface area contributed by atoms with Crippen LogP contribution in [-0.2, 0) is 17.7 Å². The molecule has 1 aliphatic heterocycles. The summed E-state index contributed by atoms with van der Waals surface area (Å²) in [4.78, 5) is 36.4. The maximum absolute atomic E-state index is 13.0. The van der Waals surface area contributed by atoms with Crippen molar-refractivity contribution in [1.29, 1.82) is 0 Å². The molecule has 3 rings (SSSR count). The number of aromatic amines is 1. The van der Waals surface area contributed by atoms with E-state index in [4.69, 9.17) is 4.74 Å². The third kappa shape index (κ3) is 4.03. The molecule has 2 aromatic rings. The number of nitrogens with zero attached hydrogens (tertiary/aromatic N) is 3. The van der Waals surface area contributed by atoms with Crippen molar-refractivity contribution >= 4 is 11.9 Å². The highest BCUT2D eigenvalue weighted by Gasteiger charge is 2.28. The lowest BCUT2D eigenvalue weighted by atomic mass is 10.1. The molecular weight excluding hydrogens is 344 g/mol. The lowest BCUT2D eigenvalue weighted by molar-refractivity contribution is 0.0599. The Labute approximate surface area is 159 Å². The van der Waals surface area contributed by atoms with E-state index >= 15 is 0 Å². The largest absolute Gasteiger partial charge is 0.465 e. The number of amides is 1. The van der Waals surface area contributed by atoms with Gasteiger partial charge in [-0.15, -0.1) is 0 Å². The fourth-order valence-corrected chi connectivity index (χ4v) is 3.53. The Balaban J connectivity index is 1.67. The molecule has 3 heterocycles. The van der Waals surface area contributed by atoms with E-state index < -0.39 is 5.97 Å². The van der Waals surface area contributed by atoms with Gasteiger partial charge in [0.25, 0.3) is 5.91 Å². The molecule has 1 saturated heterocycles. The van der Waals surface area contributed by atoms with Gasteiger partial charge >= 0.3 is 5.97 Å². The lowest BCUT2D eigenvalue weighted by Crippen LogP contribution is -2.48. The van der Waals surface area contributed by atoms with Crippen LogP contribution in [0, 0.1) is 6.92 Å². The van der Waals surface area contributed by atoms with E-state index in [0.717, 1.165) is 25.3 Å². The predicted molar refractivity (Wildman–Crippen MR) is 102 cm³/mol. The number of pyridine rings is 1. The minimum Gasteiger partial charge on any atom is -0.465 e. The van der Waals surface area contributed by atoms with Gasteiger partial charge in [0.15, 0.2) is 0 Å². The SMILES string of the molecule is CCc1[nH]c(C(=O)N2CCN(Cc3ccncc3)CC2)c(C)c1C(=O)OC. The van der Waals surface area contributed by atoms with Gasteiger partial charge < -0.3 is 14.6 Å². The quantitative estimate of drug-likeness (QED) is 0.815. The van der Waals surface area contributed by atoms with Crippen LogP contribution in [-0.4, -0.2) is 64.9 Å². The summed E-state index contributed by atoms with van der Waals surface area (Å²) >= 11 is 0. The van der Waals surface area contributed by atoms with Crippen molar-refractivity contribution in [3.8, 4) is 0 Å². The van der Waals surface area contributed by atoms with Crippen molar-refractivity contribution in [3.05, 3.63) is 52.6 Å². The number of piperazine rings is 1. The monoisotopic (exact) mass is 370 g/mol. The highest BCUT2D eigenvalue weighted by Crippen LogP contribution is 2.22. The Hall–Kier alpha value is -2.67. The Kier molecular flexibility index (Phi) is 5.91. The van der Waals surface area contributed by atoms with E-state index in [1.807, 2.05) is 24.0 Å². The van der Waals surface area contributed by atoms with Gasteiger partial charge in [0.05, 0.1) is 12.7 Å². The van der Waals surface area contributed by atoms with Crippen LogP contribution in [0.15, 0.2) is 24.5 Å². The summed E-state index contributed by atoms with van der Waals surface area (Å²) in [6.45, 7) is 7.57. The molecule has 27 heavy (non-hydrogen) atoms. The van der Waals surface area contributed by atoms with E-state index in [1.165, 1.54) is 12.7 Å². The number of carbonyl (C=O) groups excluding carboxylic acids is 2. The van der Waals surface area contributed by atoms with Crippen molar-refractivity contribution < 1.29 is 14.3 Å². The van der Waals surface area contributed by atoms with Gasteiger partial charge in [0.2, 0.25) is 0 Å². The Morgan fingerprint density at radius 2 is 1.85 bits per heavy atom. The second-order valence-electron chi connectivity index (χ2n) is 6.75. The number of methoxy groups -OCH3 is 1. The topological polar surface area (TPSA) is 78.5 Å². The van der Waals surface area contributed by atoms with Crippen LogP contribution in [0.5, 0.6) is 0 Å². The third-order valence-corrected chi connectivity index (χ3v) is 5.10. The van der Waals surface area contributed by atoms with Gasteiger partial charge in [0, 0.05) is 50.8 Å². The van der Waals surface area contributed by atoms with E-state index in [1.54, 1.807) is 19.3 Å². The maximum Gasteiger partial charge on any atom is 0.339 e. The van der Waals surface area contributed by atoms with Crippen LogP contribution in [0.3, 0.4) is 0 Å². The summed E-state index contributed by atoms with van der Waals surface area (Å²) in [7, 11) is 1.36. The van der Waals surface area contributed by atoms with Crippen molar-refractivity contribution in [2.45, 2.75) is 26.8 Å². The molecular formula is C20H26N4O3. The van der Waals surface area contributed by atoms with Gasteiger partial charge in [-0.25, -0.2) is 4.79 Å². The van der Waals surface area contributed by atoms with E-state index in [9.17, 15) is 9.59 Å². The minimum absolute atomic E-state index is 0.0547. The first-order valence-corrected chi connectivity index (χ1v) is 9.25. The van der Waals surface area contributed by atoms with E-state index in [-0.39, 0.29) is 5.91 Å². The van der Waals surface area contributed by atoms with Crippen molar-refractivity contribution in [1.82, 2.24) is 19.8 Å². The van der Waals surface area contributed by atoms with Crippen molar-refractivity contribution in [2.24, 2.45) is 0 Å². The van der Waals surface area contributed by atoms with Crippen molar-refractivity contribution in [3.63, 3.8) is 0 Å². The van der Waals surface area contributed by atoms with Gasteiger partial charge in [-0.3, -0.25) is 14.7 Å². The molecule has 1 fully saturated rings. The first kappa shape index (κ1) is 19.1. The average Bonchev–Trinajstić information content (AvgIpc) is 3.04. The molecule has 0 atom stereocenters. The number of aromatic nitrogens is 2. The summed E-state index contributed by atoms with van der Waals surface area (Å²) in [6.07, 6.45) is 4.24. The lowest BCUT2D eigenvalue weighted by Gasteiger charge is -2.34. The van der Waals surface area contributed by atoms with Crippen molar-refractivity contribution in [2.75, 3.05) is 33.3 Å². The second kappa shape index (κ2) is 8.35. The summed E-state index contributed by atoms with van der Waals surface area (Å²) < 4.78 is 4.87. The van der Waals surface area contributed by atoms with Gasteiger partial charge in [-0.1, -0.05) is 6.92 Å². The van der Waals surface area contributed by atoms with E-state index in [2.05, 4.69) is 14.9 Å². The highest BCUT2D eigenvalue weighted by molar-refractivity contribution is 6.00. The second-order valence-corrected chi connectivity index (χ2v) is 6.75. The van der Waals surface area contributed by atoms with Crippen LogP contribution in [0.4, 0.5) is 0 Å². The molecule has 7 heteroatoms. The van der Waals surface area contributed by atoms with Gasteiger partial charge in [0.1, 0.15) is 5.69 Å². The zero-order valence-electron chi connectivity index (χ0n) is 16.1. The maximum atomic E-state index is 13.0. The van der Waals surface area contributed by atoms with Crippen LogP contribution < -0.4 is 0 Å². The Bertz CT molecular complexity index is 808. The molecule has 1 N–H and O–H groups in total. The summed E-state index contributed by atoms with van der Waals surface area (Å²) in [5.74, 6) is -0.456. The number of carbonyl (C=O) groups is 2. The molecule has 0 spiro atoms. The summed E-state index contributed by atoms with van der Waals surface area (Å²) in [5.41, 5.74) is 3.62. The molecule has 0 aromatic carbocycles. The number of hydrogen-bond donors (Lipinski definition) is 1. The highest BCUT2D eigenvalue weighted by atomic mass is 16.5. The Morgan fingerprint density at radius 1 is 1.19 bits per heavy atom. The van der Waals surface area contributed by atoms with Crippen LogP contribution in [0.25, 0.3) is 0 Å². The summed E-state index contributed by atoms with van der Waals surface area (Å²) in [6, 6.07) is 4.03. The standard InChI is InChI=1S/C20H26N4O3/c1-4-16-17(20(26)27-3)14(2)18(22-16)19(25)24-11-9-23(10-12-24)13-15-5-7-21-8-6-15/h5-8,22H,4,9-13H2,1-3H3. The normalized spacial score (nSPS) is 15.0. The minimum atomic E-state index is -0.401. The number of ether oxygens (including phenoxy) is 1. The average molecular weight is 370 g/mol. The van der Waals surface area contributed by atoms with Gasteiger partial charge in [-0.2, -0.15) is 0 Å². The zero-order valence-corrected chi connectivity index (χ0v) is 16.1. The fraction of sp³-hybridized carbons (Fsp3) is 0.450. The number of esters is 1. The number of nitrogens with one attached hydrogen (secondary N) is 1. The van der Waals surface area contributed by atoms with Crippen LogP contribution >= 0.6 is 0 Å². The molecule has 0 aliphatic carbocycles. The zero-order chi connectivity index (χ0) is 19.4. The third-order valence-electron chi connectivity index (χ3n) is 5.10. The number of rotatable bonds is 5.